The van der Waals surface area contributed by atoms with Gasteiger partial charge in [0.25, 0.3) is 0 Å². The van der Waals surface area contributed by atoms with Crippen LogP contribution in [0.2, 0.25) is 0 Å². The second-order valence-electron chi connectivity index (χ2n) is 5.11. The van der Waals surface area contributed by atoms with Gasteiger partial charge in [-0.2, -0.15) is 0 Å². The lowest BCUT2D eigenvalue weighted by molar-refractivity contribution is -0.132. The Morgan fingerprint density at radius 2 is 1.81 bits per heavy atom. The molecule has 0 saturated carbocycles. The molecule has 116 valence electrons. The standard InChI is InChI=1S/C15H20N2O2.C2H6/c1-11-6-4-7-12(2)15(11)16(3)14(19)10-17-9-5-8-13(17)18;1-2/h4,6-7H,5,8-10H2,1-3H3;1-2H3. The van der Waals surface area contributed by atoms with Crippen molar-refractivity contribution in [1.82, 2.24) is 4.90 Å². The van der Waals surface area contributed by atoms with Gasteiger partial charge in [-0.25, -0.2) is 0 Å². The number of benzene rings is 1. The summed E-state index contributed by atoms with van der Waals surface area (Å²) >= 11 is 0. The van der Waals surface area contributed by atoms with Crippen molar-refractivity contribution in [1.29, 1.82) is 0 Å². The molecule has 0 aliphatic carbocycles. The van der Waals surface area contributed by atoms with Gasteiger partial charge in [0.15, 0.2) is 0 Å². The van der Waals surface area contributed by atoms with Crippen LogP contribution in [0.5, 0.6) is 0 Å². The van der Waals surface area contributed by atoms with Crippen molar-refractivity contribution in [2.24, 2.45) is 0 Å². The van der Waals surface area contributed by atoms with Gasteiger partial charge in [0, 0.05) is 25.7 Å². The Morgan fingerprint density at radius 3 is 2.29 bits per heavy atom. The van der Waals surface area contributed by atoms with Crippen LogP contribution >= 0.6 is 0 Å². The van der Waals surface area contributed by atoms with E-state index in [4.69, 9.17) is 0 Å². The summed E-state index contributed by atoms with van der Waals surface area (Å²) in [4.78, 5) is 27.1. The minimum absolute atomic E-state index is 0.0346. The fourth-order valence-corrected chi connectivity index (χ4v) is 2.60. The van der Waals surface area contributed by atoms with Crippen LogP contribution in [0.25, 0.3) is 0 Å². The molecule has 0 bridgehead atoms. The fraction of sp³-hybridized carbons (Fsp3) is 0.529. The van der Waals surface area contributed by atoms with Crippen LogP contribution in [0.3, 0.4) is 0 Å². The second kappa shape index (κ2) is 7.81. The van der Waals surface area contributed by atoms with Crippen molar-refractivity contribution < 1.29 is 9.59 Å². The Kier molecular flexibility index (Phi) is 6.40. The van der Waals surface area contributed by atoms with E-state index in [-0.39, 0.29) is 18.4 Å². The quantitative estimate of drug-likeness (QED) is 0.859. The highest BCUT2D eigenvalue weighted by atomic mass is 16.2. The van der Waals surface area contributed by atoms with Crippen LogP contribution in [0.15, 0.2) is 18.2 Å². The third-order valence-corrected chi connectivity index (χ3v) is 3.65. The highest BCUT2D eigenvalue weighted by Crippen LogP contribution is 2.23. The smallest absolute Gasteiger partial charge is 0.246 e. The number of likely N-dealkylation sites (N-methyl/N-ethyl adjacent to an activating group) is 1. The first-order valence-corrected chi connectivity index (χ1v) is 7.61. The molecule has 2 rings (SSSR count). The van der Waals surface area contributed by atoms with Gasteiger partial charge in [0.05, 0.1) is 0 Å². The average molecular weight is 290 g/mol. The Morgan fingerprint density at radius 1 is 1.24 bits per heavy atom. The molecule has 1 aromatic rings. The van der Waals surface area contributed by atoms with E-state index >= 15 is 0 Å². The number of para-hydroxylation sites is 1. The lowest BCUT2D eigenvalue weighted by Crippen LogP contribution is -2.39. The second-order valence-corrected chi connectivity index (χ2v) is 5.11. The molecule has 0 N–H and O–H groups in total. The molecule has 2 amide bonds. The van der Waals surface area contributed by atoms with E-state index in [1.165, 1.54) is 0 Å². The predicted octanol–water partition coefficient (Wildman–Crippen LogP) is 2.91. The maximum Gasteiger partial charge on any atom is 0.246 e. The number of amides is 2. The van der Waals surface area contributed by atoms with Crippen molar-refractivity contribution in [3.05, 3.63) is 29.3 Å². The summed E-state index contributed by atoms with van der Waals surface area (Å²) in [6.45, 7) is 8.87. The van der Waals surface area contributed by atoms with E-state index in [0.717, 1.165) is 23.2 Å². The van der Waals surface area contributed by atoms with E-state index in [0.29, 0.717) is 13.0 Å². The van der Waals surface area contributed by atoms with E-state index in [1.54, 1.807) is 16.8 Å². The third kappa shape index (κ3) is 4.06. The Balaban J connectivity index is 0.00000106. The van der Waals surface area contributed by atoms with E-state index < -0.39 is 0 Å². The SMILES string of the molecule is CC.Cc1cccc(C)c1N(C)C(=O)CN1CCCC1=O. The number of likely N-dealkylation sites (tertiary alicyclic amines) is 1. The summed E-state index contributed by atoms with van der Waals surface area (Å²) in [5.41, 5.74) is 3.09. The molecule has 0 atom stereocenters. The topological polar surface area (TPSA) is 40.6 Å². The van der Waals surface area contributed by atoms with Crippen LogP contribution in [-0.2, 0) is 9.59 Å². The summed E-state index contributed by atoms with van der Waals surface area (Å²) < 4.78 is 0. The molecule has 1 saturated heterocycles. The number of hydrogen-bond donors (Lipinski definition) is 0. The molecule has 4 heteroatoms. The summed E-state index contributed by atoms with van der Waals surface area (Å²) in [6, 6.07) is 5.97. The molecule has 0 spiro atoms. The maximum absolute atomic E-state index is 12.3. The van der Waals surface area contributed by atoms with E-state index in [2.05, 4.69) is 0 Å². The van der Waals surface area contributed by atoms with Crippen molar-refractivity contribution in [2.75, 3.05) is 25.0 Å². The normalized spacial score (nSPS) is 13.8. The minimum atomic E-state index is -0.0346. The van der Waals surface area contributed by atoms with Gasteiger partial charge < -0.3 is 9.80 Å². The van der Waals surface area contributed by atoms with Crippen molar-refractivity contribution in [3.8, 4) is 0 Å². The first-order valence-electron chi connectivity index (χ1n) is 7.61. The van der Waals surface area contributed by atoms with Crippen molar-refractivity contribution in [3.63, 3.8) is 0 Å². The molecule has 21 heavy (non-hydrogen) atoms. The number of carbonyl (C=O) groups is 2. The minimum Gasteiger partial charge on any atom is -0.333 e. The van der Waals surface area contributed by atoms with Crippen LogP contribution in [0.1, 0.15) is 37.8 Å². The summed E-state index contributed by atoms with van der Waals surface area (Å²) in [5, 5.41) is 0. The number of hydrogen-bond acceptors (Lipinski definition) is 2. The number of carbonyl (C=O) groups excluding carboxylic acids is 2. The maximum atomic E-state index is 12.3. The number of aryl methyl sites for hydroxylation is 2. The third-order valence-electron chi connectivity index (χ3n) is 3.65. The zero-order valence-electron chi connectivity index (χ0n) is 13.8. The Bertz CT molecular complexity index is 491. The largest absolute Gasteiger partial charge is 0.333 e. The Hall–Kier alpha value is -1.84. The van der Waals surface area contributed by atoms with Gasteiger partial charge in [0.1, 0.15) is 6.54 Å². The van der Waals surface area contributed by atoms with E-state index in [1.807, 2.05) is 45.9 Å². The molecule has 4 nitrogen and oxygen atoms in total. The summed E-state index contributed by atoms with van der Waals surface area (Å²) in [7, 11) is 1.78. The lowest BCUT2D eigenvalue weighted by Gasteiger charge is -2.24. The molecule has 1 aliphatic rings. The van der Waals surface area contributed by atoms with Gasteiger partial charge in [-0.15, -0.1) is 0 Å². The fourth-order valence-electron chi connectivity index (χ4n) is 2.60. The summed E-state index contributed by atoms with van der Waals surface area (Å²) in [5.74, 6) is 0.0518. The predicted molar refractivity (Wildman–Crippen MR) is 86.5 cm³/mol. The molecule has 1 fully saturated rings. The van der Waals surface area contributed by atoms with Crippen molar-refractivity contribution >= 4 is 17.5 Å². The van der Waals surface area contributed by atoms with Gasteiger partial charge in [-0.3, -0.25) is 9.59 Å². The van der Waals surface area contributed by atoms with Crippen LogP contribution in [0.4, 0.5) is 5.69 Å². The zero-order valence-corrected chi connectivity index (χ0v) is 13.8. The van der Waals surface area contributed by atoms with Crippen LogP contribution in [-0.4, -0.2) is 36.9 Å². The van der Waals surface area contributed by atoms with Crippen LogP contribution < -0.4 is 4.90 Å². The molecule has 0 unspecified atom stereocenters. The highest BCUT2D eigenvalue weighted by Gasteiger charge is 2.24. The Labute approximate surface area is 127 Å². The van der Waals surface area contributed by atoms with Gasteiger partial charge in [0.2, 0.25) is 11.8 Å². The molecule has 1 aliphatic heterocycles. The number of nitrogens with zero attached hydrogens (tertiary/aromatic N) is 2. The van der Waals surface area contributed by atoms with Gasteiger partial charge in [-0.1, -0.05) is 32.0 Å². The molecule has 1 heterocycles. The zero-order chi connectivity index (χ0) is 16.0. The number of anilines is 1. The monoisotopic (exact) mass is 290 g/mol. The molecule has 0 aromatic heterocycles. The molecular formula is C17H26N2O2. The first-order chi connectivity index (χ1) is 10.0. The van der Waals surface area contributed by atoms with Gasteiger partial charge >= 0.3 is 0 Å². The molecular weight excluding hydrogens is 264 g/mol. The van der Waals surface area contributed by atoms with Gasteiger partial charge in [-0.05, 0) is 31.4 Å². The van der Waals surface area contributed by atoms with Crippen molar-refractivity contribution in [2.45, 2.75) is 40.5 Å². The molecule has 0 radical (unpaired) electrons. The average Bonchev–Trinajstić information content (AvgIpc) is 2.86. The highest BCUT2D eigenvalue weighted by molar-refractivity contribution is 5.97. The first kappa shape index (κ1) is 17.2. The number of rotatable bonds is 3. The van der Waals surface area contributed by atoms with Crippen LogP contribution in [0, 0.1) is 13.8 Å². The lowest BCUT2D eigenvalue weighted by atomic mass is 10.1. The van der Waals surface area contributed by atoms with E-state index in [9.17, 15) is 9.59 Å². The molecule has 1 aromatic carbocycles. The summed E-state index contributed by atoms with van der Waals surface area (Å²) in [6.07, 6.45) is 1.43.